The molecule has 3 N–H and O–H groups in total. The number of carbonyl (C=O) groups is 2. The highest BCUT2D eigenvalue weighted by atomic mass is 16.5. The van der Waals surface area contributed by atoms with Gasteiger partial charge in [0, 0.05) is 24.8 Å². The number of anilines is 1. The number of carboxylic acids is 1. The summed E-state index contributed by atoms with van der Waals surface area (Å²) in [6.07, 6.45) is 0.897. The number of rotatable bonds is 3. The number of aliphatic carboxylic acids is 1. The smallest absolute Gasteiger partial charge is 0.309 e. The molecule has 1 aromatic rings. The highest BCUT2D eigenvalue weighted by Gasteiger charge is 2.38. The Kier molecular flexibility index (Phi) is 4.06. The van der Waals surface area contributed by atoms with Crippen LogP contribution in [0.3, 0.4) is 0 Å². The van der Waals surface area contributed by atoms with Crippen LogP contribution in [0.4, 0.5) is 5.69 Å². The standard InChI is InChI=1S/C15H20N2O4/c1-15(14(19)20)5-7-17(8-6-15)13(18)11-4-3-10(21-2)9-12(11)16/h3-4,9H,5-8,16H2,1-2H3,(H,19,20). The predicted molar refractivity (Wildman–Crippen MR) is 78.3 cm³/mol. The molecule has 0 atom stereocenters. The van der Waals surface area contributed by atoms with Crippen LogP contribution in [-0.4, -0.2) is 42.1 Å². The van der Waals surface area contributed by atoms with E-state index >= 15 is 0 Å². The number of nitrogens with two attached hydrogens (primary N) is 1. The molecule has 21 heavy (non-hydrogen) atoms. The van der Waals surface area contributed by atoms with Crippen molar-refractivity contribution < 1.29 is 19.4 Å². The van der Waals surface area contributed by atoms with Crippen LogP contribution < -0.4 is 10.5 Å². The predicted octanol–water partition coefficient (Wildman–Crippen LogP) is 1.60. The molecule has 0 unspecified atom stereocenters. The second-order valence-electron chi connectivity index (χ2n) is 5.61. The molecule has 6 nitrogen and oxygen atoms in total. The highest BCUT2D eigenvalue weighted by molar-refractivity contribution is 5.99. The minimum absolute atomic E-state index is 0.164. The number of amides is 1. The van der Waals surface area contributed by atoms with Gasteiger partial charge in [0.25, 0.3) is 5.91 Å². The van der Waals surface area contributed by atoms with Crippen LogP contribution in [-0.2, 0) is 4.79 Å². The number of methoxy groups -OCH3 is 1. The fourth-order valence-corrected chi connectivity index (χ4v) is 2.45. The average Bonchev–Trinajstić information content (AvgIpc) is 2.47. The van der Waals surface area contributed by atoms with Crippen molar-refractivity contribution >= 4 is 17.6 Å². The molecule has 1 heterocycles. The van der Waals surface area contributed by atoms with Gasteiger partial charge < -0.3 is 20.5 Å². The number of nitrogens with zero attached hydrogens (tertiary/aromatic N) is 1. The van der Waals surface area contributed by atoms with Crippen molar-refractivity contribution in [2.75, 3.05) is 25.9 Å². The SMILES string of the molecule is COc1ccc(C(=O)N2CCC(C)(C(=O)O)CC2)c(N)c1. The first kappa shape index (κ1) is 15.2. The van der Waals surface area contributed by atoms with Gasteiger partial charge in [-0.05, 0) is 31.9 Å². The van der Waals surface area contributed by atoms with Crippen molar-refractivity contribution in [3.05, 3.63) is 23.8 Å². The molecule has 1 aliphatic heterocycles. The zero-order valence-electron chi connectivity index (χ0n) is 12.3. The van der Waals surface area contributed by atoms with E-state index in [1.807, 2.05) is 0 Å². The van der Waals surface area contributed by atoms with Crippen molar-refractivity contribution in [2.24, 2.45) is 5.41 Å². The molecule has 1 aliphatic rings. The fourth-order valence-electron chi connectivity index (χ4n) is 2.45. The van der Waals surface area contributed by atoms with Crippen molar-refractivity contribution in [2.45, 2.75) is 19.8 Å². The van der Waals surface area contributed by atoms with Gasteiger partial charge >= 0.3 is 5.97 Å². The topological polar surface area (TPSA) is 92.9 Å². The van der Waals surface area contributed by atoms with Crippen molar-refractivity contribution in [3.63, 3.8) is 0 Å². The van der Waals surface area contributed by atoms with Crippen LogP contribution in [0.5, 0.6) is 5.75 Å². The lowest BCUT2D eigenvalue weighted by atomic mass is 9.80. The van der Waals surface area contributed by atoms with E-state index in [0.29, 0.717) is 42.9 Å². The van der Waals surface area contributed by atoms with Gasteiger partial charge in [-0.15, -0.1) is 0 Å². The van der Waals surface area contributed by atoms with Crippen LogP contribution in [0.25, 0.3) is 0 Å². The number of piperidine rings is 1. The summed E-state index contributed by atoms with van der Waals surface area (Å²) >= 11 is 0. The lowest BCUT2D eigenvalue weighted by molar-refractivity contribution is -0.150. The van der Waals surface area contributed by atoms with E-state index < -0.39 is 11.4 Å². The first-order valence-corrected chi connectivity index (χ1v) is 6.83. The summed E-state index contributed by atoms with van der Waals surface area (Å²) in [5.41, 5.74) is 5.93. The maximum absolute atomic E-state index is 12.5. The van der Waals surface area contributed by atoms with Gasteiger partial charge in [0.1, 0.15) is 5.75 Å². The molecule has 1 aromatic carbocycles. The number of hydrogen-bond acceptors (Lipinski definition) is 4. The fraction of sp³-hybridized carbons (Fsp3) is 0.467. The molecule has 2 rings (SSSR count). The molecule has 0 aliphatic carbocycles. The van der Waals surface area contributed by atoms with E-state index in [4.69, 9.17) is 10.5 Å². The molecular weight excluding hydrogens is 272 g/mol. The van der Waals surface area contributed by atoms with Crippen LogP contribution in [0.2, 0.25) is 0 Å². The third-order valence-electron chi connectivity index (χ3n) is 4.16. The Labute approximate surface area is 123 Å². The second kappa shape index (κ2) is 5.63. The van der Waals surface area contributed by atoms with Crippen LogP contribution in [0.1, 0.15) is 30.1 Å². The zero-order chi connectivity index (χ0) is 15.6. The van der Waals surface area contributed by atoms with Gasteiger partial charge in [0.05, 0.1) is 18.1 Å². The summed E-state index contributed by atoms with van der Waals surface area (Å²) < 4.78 is 5.06. The normalized spacial score (nSPS) is 17.3. The maximum Gasteiger partial charge on any atom is 0.309 e. The Bertz CT molecular complexity index is 563. The molecule has 1 saturated heterocycles. The highest BCUT2D eigenvalue weighted by Crippen LogP contribution is 2.32. The Balaban J connectivity index is 2.10. The van der Waals surface area contributed by atoms with Crippen LogP contribution in [0, 0.1) is 5.41 Å². The van der Waals surface area contributed by atoms with Gasteiger partial charge in [0.2, 0.25) is 0 Å². The lowest BCUT2D eigenvalue weighted by Crippen LogP contribution is -2.45. The summed E-state index contributed by atoms with van der Waals surface area (Å²) in [4.78, 5) is 25.3. The minimum atomic E-state index is -0.807. The van der Waals surface area contributed by atoms with Gasteiger partial charge in [-0.2, -0.15) is 0 Å². The minimum Gasteiger partial charge on any atom is -0.497 e. The number of benzene rings is 1. The number of nitrogen functional groups attached to an aromatic ring is 1. The number of carboxylic acid groups (broad SMARTS) is 1. The molecule has 114 valence electrons. The summed E-state index contributed by atoms with van der Waals surface area (Å²) in [7, 11) is 1.54. The van der Waals surface area contributed by atoms with Gasteiger partial charge in [-0.25, -0.2) is 0 Å². The van der Waals surface area contributed by atoms with Gasteiger partial charge in [0.15, 0.2) is 0 Å². The molecule has 0 radical (unpaired) electrons. The van der Waals surface area contributed by atoms with E-state index in [1.54, 1.807) is 30.0 Å². The molecule has 0 bridgehead atoms. The van der Waals surface area contributed by atoms with E-state index in [9.17, 15) is 14.7 Å². The zero-order valence-corrected chi connectivity index (χ0v) is 12.3. The average molecular weight is 292 g/mol. The summed E-state index contributed by atoms with van der Waals surface area (Å²) in [6.45, 7) is 2.57. The number of likely N-dealkylation sites (tertiary alicyclic amines) is 1. The number of ether oxygens (including phenoxy) is 1. The monoisotopic (exact) mass is 292 g/mol. The molecular formula is C15H20N2O4. The van der Waals surface area contributed by atoms with E-state index in [2.05, 4.69) is 0 Å². The Morgan fingerprint density at radius 1 is 1.33 bits per heavy atom. The molecule has 6 heteroatoms. The first-order valence-electron chi connectivity index (χ1n) is 6.83. The Morgan fingerprint density at radius 2 is 1.95 bits per heavy atom. The van der Waals surface area contributed by atoms with Crippen molar-refractivity contribution in [1.82, 2.24) is 4.90 Å². The molecule has 0 spiro atoms. The molecule has 1 fully saturated rings. The maximum atomic E-state index is 12.5. The van der Waals surface area contributed by atoms with Crippen molar-refractivity contribution in [1.29, 1.82) is 0 Å². The van der Waals surface area contributed by atoms with E-state index in [1.165, 1.54) is 7.11 Å². The largest absolute Gasteiger partial charge is 0.497 e. The third-order valence-corrected chi connectivity index (χ3v) is 4.16. The van der Waals surface area contributed by atoms with Gasteiger partial charge in [-0.1, -0.05) is 0 Å². The summed E-state index contributed by atoms with van der Waals surface area (Å²) in [6, 6.07) is 4.94. The lowest BCUT2D eigenvalue weighted by Gasteiger charge is -2.36. The Morgan fingerprint density at radius 3 is 2.43 bits per heavy atom. The summed E-state index contributed by atoms with van der Waals surface area (Å²) in [5, 5.41) is 9.20. The van der Waals surface area contributed by atoms with Gasteiger partial charge in [-0.3, -0.25) is 9.59 Å². The van der Waals surface area contributed by atoms with Crippen molar-refractivity contribution in [3.8, 4) is 5.75 Å². The number of carbonyl (C=O) groups excluding carboxylic acids is 1. The molecule has 0 aromatic heterocycles. The van der Waals surface area contributed by atoms with Crippen LogP contribution in [0.15, 0.2) is 18.2 Å². The summed E-state index contributed by atoms with van der Waals surface area (Å²) in [5.74, 6) is -0.373. The van der Waals surface area contributed by atoms with E-state index in [-0.39, 0.29) is 5.91 Å². The second-order valence-corrected chi connectivity index (χ2v) is 5.61. The first-order chi connectivity index (χ1) is 9.87. The Hall–Kier alpha value is -2.24. The number of hydrogen-bond donors (Lipinski definition) is 2. The van der Waals surface area contributed by atoms with Crippen LogP contribution >= 0.6 is 0 Å². The molecule has 0 saturated carbocycles. The third kappa shape index (κ3) is 2.94. The molecule has 1 amide bonds. The quantitative estimate of drug-likeness (QED) is 0.825. The van der Waals surface area contributed by atoms with E-state index in [0.717, 1.165) is 0 Å².